The fourth-order valence-corrected chi connectivity index (χ4v) is 8.35. The second-order valence-electron chi connectivity index (χ2n) is 19.1. The Balaban J connectivity index is 1.97. The minimum absolute atomic E-state index is 0.0176. The lowest BCUT2D eigenvalue weighted by atomic mass is 9.96. The van der Waals surface area contributed by atoms with E-state index in [1.54, 1.807) is 58.2 Å². The summed E-state index contributed by atoms with van der Waals surface area (Å²) in [6.07, 6.45) is -0.0718. The van der Waals surface area contributed by atoms with Crippen LogP contribution in [0.2, 0.25) is 0 Å². The highest BCUT2D eigenvalue weighted by atomic mass is 16.4. The number of carboxylic acid groups (broad SMARTS) is 1. The average molecular weight is 1040 g/mol. The normalized spacial score (nSPS) is 17.0. The third-order valence-corrected chi connectivity index (χ3v) is 12.7. The van der Waals surface area contributed by atoms with Crippen LogP contribution < -0.4 is 60.6 Å². The van der Waals surface area contributed by atoms with Crippen molar-refractivity contribution in [1.82, 2.24) is 41.8 Å². The molecule has 10 atom stereocenters. The van der Waals surface area contributed by atoms with Gasteiger partial charge in [0.1, 0.15) is 42.3 Å². The molecule has 0 unspecified atom stereocenters. The first-order valence-electron chi connectivity index (χ1n) is 24.8. The smallest absolute Gasteiger partial charge is 0.326 e. The predicted octanol–water partition coefficient (Wildman–Crippen LogP) is -2.92. The Morgan fingerprint density at radius 3 is 1.91 bits per heavy atom. The highest BCUT2D eigenvalue weighted by Gasteiger charge is 2.40. The number of amides is 9. The van der Waals surface area contributed by atoms with E-state index >= 15 is 0 Å². The molecule has 0 saturated carbocycles. The van der Waals surface area contributed by atoms with Crippen molar-refractivity contribution in [3.63, 3.8) is 0 Å². The van der Waals surface area contributed by atoms with E-state index in [-0.39, 0.29) is 76.3 Å². The number of fused-ring (bicyclic) bond motifs is 1. The Labute approximate surface area is 429 Å². The van der Waals surface area contributed by atoms with Crippen molar-refractivity contribution in [2.75, 3.05) is 13.1 Å². The van der Waals surface area contributed by atoms with Gasteiger partial charge in [0.15, 0.2) is 5.96 Å². The van der Waals surface area contributed by atoms with Crippen LogP contribution in [-0.2, 0) is 54.4 Å². The first kappa shape index (κ1) is 61.0. The molecule has 74 heavy (non-hydrogen) atoms. The van der Waals surface area contributed by atoms with Crippen molar-refractivity contribution < 1.29 is 58.2 Å². The molecule has 3 rings (SSSR count). The molecular formula is C48H76N14O12. The SMILES string of the molecule is CC[C@H](C)[C@H](NC(=O)[C@@H](N)CCC(N)=O)C(=O)N[C@H](C(=O)N[C@@H](CC(C)C)C(=O)N[C@@H](Cc1c[nH]c2ccccc12)C(=O)N[C@@H](CCC(N)=O)C(=O)N[C@@H](CCCN=C(N)N)C(=O)N1CCC[C@H]1C(=O)O)[C@@H](C)O. The van der Waals surface area contributed by atoms with Crippen LogP contribution in [0.15, 0.2) is 35.5 Å². The molecule has 26 nitrogen and oxygen atoms in total. The van der Waals surface area contributed by atoms with Crippen LogP contribution in [0.5, 0.6) is 0 Å². The minimum atomic E-state index is -1.67. The van der Waals surface area contributed by atoms with E-state index in [1.165, 1.54) is 6.92 Å². The molecule has 2 aromatic rings. The van der Waals surface area contributed by atoms with E-state index in [4.69, 9.17) is 28.7 Å². The number of hydrogen-bond donors (Lipinski definition) is 14. The van der Waals surface area contributed by atoms with Crippen LogP contribution in [0, 0.1) is 11.8 Å². The number of para-hydroxylation sites is 1. The second-order valence-corrected chi connectivity index (χ2v) is 19.1. The number of guanidine groups is 1. The van der Waals surface area contributed by atoms with Crippen LogP contribution in [0.3, 0.4) is 0 Å². The summed E-state index contributed by atoms with van der Waals surface area (Å²) in [5.41, 5.74) is 28.8. The van der Waals surface area contributed by atoms with Gasteiger partial charge in [-0.15, -0.1) is 0 Å². The molecule has 1 aromatic heterocycles. The second kappa shape index (κ2) is 29.4. The Morgan fingerprint density at radius 2 is 1.30 bits per heavy atom. The standard InChI is InChI=1S/C48H76N14O12/c1-6-25(4)38(60-40(66)29(49)15-17-36(50)64)44(70)61-39(26(5)63)45(71)59-33(21-24(2)3)42(68)58-34(22-27-23-55-30-12-8-7-11-28(27)30)43(69)56-31(16-18-37(51)65)41(67)57-32(13-9-19-54-48(52)53)46(72)62-20-10-14-35(62)47(73)74/h7-8,11-12,23-26,29,31-35,38-39,55,63H,6,9-10,13-22,49H2,1-5H3,(H2,50,64)(H2,51,65)(H,56,69)(H,57,67)(H,58,68)(H,59,71)(H,60,66)(H,61,70)(H,73,74)(H4,52,53,54)/t25-,26+,29-,31-,32-,33-,34-,35-,38-,39-/m0/s1. The van der Waals surface area contributed by atoms with E-state index < -0.39 is 126 Å². The van der Waals surface area contributed by atoms with Crippen molar-refractivity contribution in [2.45, 2.75) is 160 Å². The first-order chi connectivity index (χ1) is 34.8. The molecule has 26 heteroatoms. The number of carboxylic acids is 1. The highest BCUT2D eigenvalue weighted by Crippen LogP contribution is 2.22. The fourth-order valence-electron chi connectivity index (χ4n) is 8.35. The van der Waals surface area contributed by atoms with Crippen LogP contribution in [0.1, 0.15) is 104 Å². The monoisotopic (exact) mass is 1040 g/mol. The van der Waals surface area contributed by atoms with Gasteiger partial charge in [0.25, 0.3) is 0 Å². The molecule has 1 aromatic carbocycles. The Morgan fingerprint density at radius 1 is 0.730 bits per heavy atom. The highest BCUT2D eigenvalue weighted by molar-refractivity contribution is 5.98. The molecule has 1 aliphatic heterocycles. The Bertz CT molecular complexity index is 2340. The minimum Gasteiger partial charge on any atom is -0.480 e. The summed E-state index contributed by atoms with van der Waals surface area (Å²) >= 11 is 0. The maximum absolute atomic E-state index is 14.6. The number of aromatic nitrogens is 1. The summed E-state index contributed by atoms with van der Waals surface area (Å²) in [5, 5.41) is 36.9. The molecule has 2 heterocycles. The number of aliphatic hydroxyl groups is 1. The zero-order valence-corrected chi connectivity index (χ0v) is 42.7. The number of nitrogens with one attached hydrogen (secondary N) is 7. The number of primary amides is 2. The zero-order valence-electron chi connectivity index (χ0n) is 42.7. The molecule has 1 aliphatic rings. The maximum Gasteiger partial charge on any atom is 0.326 e. The van der Waals surface area contributed by atoms with Crippen LogP contribution in [0.25, 0.3) is 10.9 Å². The number of likely N-dealkylation sites (tertiary alicyclic amines) is 1. The molecule has 0 spiro atoms. The lowest BCUT2D eigenvalue weighted by Crippen LogP contribution is -2.62. The summed E-state index contributed by atoms with van der Waals surface area (Å²) < 4.78 is 0. The fraction of sp³-hybridized carbons (Fsp3) is 0.604. The van der Waals surface area contributed by atoms with Crippen molar-refractivity contribution in [3.05, 3.63) is 36.0 Å². The van der Waals surface area contributed by atoms with E-state index in [0.29, 0.717) is 29.3 Å². The van der Waals surface area contributed by atoms with E-state index in [0.717, 1.165) is 4.90 Å². The van der Waals surface area contributed by atoms with Crippen LogP contribution in [-0.4, -0.2) is 153 Å². The van der Waals surface area contributed by atoms with Crippen molar-refractivity contribution in [1.29, 1.82) is 0 Å². The molecule has 0 radical (unpaired) electrons. The quantitative estimate of drug-likeness (QED) is 0.0204. The number of aromatic amines is 1. The molecule has 1 fully saturated rings. The number of carbonyl (C=O) groups is 10. The number of nitrogens with two attached hydrogens (primary N) is 5. The summed E-state index contributed by atoms with van der Waals surface area (Å²) in [5.74, 6) is -9.75. The van der Waals surface area contributed by atoms with Crippen molar-refractivity contribution in [3.8, 4) is 0 Å². The lowest BCUT2D eigenvalue weighted by molar-refractivity contribution is -0.149. The third kappa shape index (κ3) is 18.9. The molecule has 1 saturated heterocycles. The molecule has 0 aliphatic carbocycles. The van der Waals surface area contributed by atoms with Gasteiger partial charge in [0.05, 0.1) is 12.1 Å². The number of hydrogen-bond acceptors (Lipinski definition) is 13. The van der Waals surface area contributed by atoms with Gasteiger partial charge in [0, 0.05) is 49.5 Å². The van der Waals surface area contributed by atoms with Gasteiger partial charge in [0.2, 0.25) is 53.2 Å². The van der Waals surface area contributed by atoms with Crippen LogP contribution >= 0.6 is 0 Å². The Kier molecular flexibility index (Phi) is 24.2. The number of benzene rings is 1. The van der Waals surface area contributed by atoms with Gasteiger partial charge in [-0.2, -0.15) is 0 Å². The van der Waals surface area contributed by atoms with Gasteiger partial charge in [-0.05, 0) is 75.3 Å². The molecule has 9 amide bonds. The van der Waals surface area contributed by atoms with Gasteiger partial charge >= 0.3 is 5.97 Å². The summed E-state index contributed by atoms with van der Waals surface area (Å²) in [6.45, 7) is 8.34. The maximum atomic E-state index is 14.6. The zero-order chi connectivity index (χ0) is 55.4. The summed E-state index contributed by atoms with van der Waals surface area (Å²) in [4.78, 5) is 142. The van der Waals surface area contributed by atoms with Crippen molar-refractivity contribution >= 4 is 76.0 Å². The number of aliphatic carboxylic acids is 1. The van der Waals surface area contributed by atoms with E-state index in [1.807, 2.05) is 0 Å². The lowest BCUT2D eigenvalue weighted by Gasteiger charge is -2.30. The number of carbonyl (C=O) groups excluding carboxylic acids is 9. The predicted molar refractivity (Wildman–Crippen MR) is 271 cm³/mol. The molecular weight excluding hydrogens is 965 g/mol. The largest absolute Gasteiger partial charge is 0.480 e. The van der Waals surface area contributed by atoms with E-state index in [9.17, 15) is 58.2 Å². The molecule has 19 N–H and O–H groups in total. The van der Waals surface area contributed by atoms with Gasteiger partial charge < -0.3 is 80.7 Å². The summed E-state index contributed by atoms with van der Waals surface area (Å²) in [6, 6.07) is -3.88. The first-order valence-corrected chi connectivity index (χ1v) is 24.8. The summed E-state index contributed by atoms with van der Waals surface area (Å²) in [7, 11) is 0. The molecule has 0 bridgehead atoms. The van der Waals surface area contributed by atoms with E-state index in [2.05, 4.69) is 41.9 Å². The number of rotatable bonds is 31. The average Bonchev–Trinajstić information content (AvgIpc) is 4.00. The number of aliphatic hydroxyl groups excluding tert-OH is 1. The van der Waals surface area contributed by atoms with Gasteiger partial charge in [-0.3, -0.25) is 48.1 Å². The molecule has 410 valence electrons. The number of H-pyrrole nitrogens is 1. The van der Waals surface area contributed by atoms with Crippen LogP contribution in [0.4, 0.5) is 0 Å². The topological polar surface area (TPSA) is 445 Å². The number of nitrogens with zero attached hydrogens (tertiary/aromatic N) is 2. The van der Waals surface area contributed by atoms with Crippen molar-refractivity contribution in [2.24, 2.45) is 45.5 Å². The van der Waals surface area contributed by atoms with Gasteiger partial charge in [-0.25, -0.2) is 4.79 Å². The third-order valence-electron chi connectivity index (χ3n) is 12.7. The number of aliphatic imine (C=N–C) groups is 1. The van der Waals surface area contributed by atoms with Gasteiger partial charge in [-0.1, -0.05) is 52.3 Å². The Hall–Kier alpha value is -7.35.